The lowest BCUT2D eigenvalue weighted by Gasteiger charge is -2.30. The van der Waals surface area contributed by atoms with Crippen LogP contribution >= 0.6 is 0 Å². The number of pyridine rings is 1. The molecule has 4 rings (SSSR count). The topological polar surface area (TPSA) is 88.1 Å². The Labute approximate surface area is 181 Å². The molecule has 1 aromatic carbocycles. The molecule has 7 heteroatoms. The van der Waals surface area contributed by atoms with Crippen molar-refractivity contribution in [2.75, 3.05) is 13.1 Å². The summed E-state index contributed by atoms with van der Waals surface area (Å²) in [6.45, 7) is 2.87. The Morgan fingerprint density at radius 2 is 1.87 bits per heavy atom. The van der Waals surface area contributed by atoms with Crippen LogP contribution in [0, 0.1) is 5.92 Å². The first kappa shape index (κ1) is 20.7. The van der Waals surface area contributed by atoms with Gasteiger partial charge in [-0.2, -0.15) is 0 Å². The van der Waals surface area contributed by atoms with Gasteiger partial charge in [0.2, 0.25) is 11.8 Å². The Balaban J connectivity index is 1.64. The van der Waals surface area contributed by atoms with Crippen molar-refractivity contribution >= 4 is 11.8 Å². The number of amides is 2. The van der Waals surface area contributed by atoms with Gasteiger partial charge in [0, 0.05) is 62.2 Å². The third-order valence-corrected chi connectivity index (χ3v) is 5.62. The molecule has 1 N–H and O–H groups in total. The zero-order valence-electron chi connectivity index (χ0n) is 17.5. The summed E-state index contributed by atoms with van der Waals surface area (Å²) in [5.74, 6) is -0.509. The minimum Gasteiger partial charge on any atom is -0.352 e. The number of aromatic nitrogens is 3. The molecule has 0 saturated heterocycles. The van der Waals surface area contributed by atoms with Crippen LogP contribution in [0.1, 0.15) is 23.7 Å². The monoisotopic (exact) mass is 415 g/mol. The molecule has 3 heterocycles. The fourth-order valence-electron chi connectivity index (χ4n) is 3.93. The number of nitrogens with one attached hydrogen (secondary N) is 1. The third kappa shape index (κ3) is 4.94. The first-order chi connectivity index (χ1) is 15.1. The first-order valence-electron chi connectivity index (χ1n) is 10.4. The van der Waals surface area contributed by atoms with Crippen LogP contribution in [0.3, 0.4) is 0 Å². The average molecular weight is 415 g/mol. The number of benzene rings is 1. The van der Waals surface area contributed by atoms with E-state index in [0.717, 1.165) is 28.1 Å². The lowest BCUT2D eigenvalue weighted by Crippen LogP contribution is -2.44. The summed E-state index contributed by atoms with van der Waals surface area (Å²) in [6.07, 6.45) is 6.09. The molecule has 31 heavy (non-hydrogen) atoms. The van der Waals surface area contributed by atoms with Gasteiger partial charge in [-0.05, 0) is 24.1 Å². The van der Waals surface area contributed by atoms with E-state index in [-0.39, 0.29) is 11.8 Å². The Morgan fingerprint density at radius 1 is 1.10 bits per heavy atom. The molecule has 0 radical (unpaired) electrons. The highest BCUT2D eigenvalue weighted by Crippen LogP contribution is 2.27. The summed E-state index contributed by atoms with van der Waals surface area (Å²) < 4.78 is 0. The molecule has 158 valence electrons. The van der Waals surface area contributed by atoms with E-state index in [1.165, 1.54) is 0 Å². The van der Waals surface area contributed by atoms with Crippen LogP contribution in [0.2, 0.25) is 0 Å². The van der Waals surface area contributed by atoms with E-state index in [4.69, 9.17) is 0 Å². The van der Waals surface area contributed by atoms with Crippen LogP contribution in [-0.2, 0) is 29.0 Å². The molecule has 0 aliphatic carbocycles. The van der Waals surface area contributed by atoms with Gasteiger partial charge in [-0.25, -0.2) is 9.97 Å². The molecular formula is C24H25N5O2. The van der Waals surface area contributed by atoms with Gasteiger partial charge in [0.05, 0.1) is 11.6 Å². The van der Waals surface area contributed by atoms with Gasteiger partial charge in [0.25, 0.3) is 0 Å². The van der Waals surface area contributed by atoms with Gasteiger partial charge in [0.15, 0.2) is 0 Å². The number of carbonyl (C=O) groups is 2. The Kier molecular flexibility index (Phi) is 6.31. The van der Waals surface area contributed by atoms with Gasteiger partial charge in [-0.3, -0.25) is 14.6 Å². The highest BCUT2D eigenvalue weighted by molar-refractivity contribution is 5.81. The Morgan fingerprint density at radius 3 is 2.61 bits per heavy atom. The number of carbonyl (C=O) groups excluding carboxylic acids is 2. The van der Waals surface area contributed by atoms with Crippen molar-refractivity contribution in [3.8, 4) is 11.3 Å². The number of nitrogens with zero attached hydrogens (tertiary/aromatic N) is 4. The second kappa shape index (κ2) is 9.47. The van der Waals surface area contributed by atoms with Crippen LogP contribution in [0.25, 0.3) is 11.3 Å². The first-order valence-corrected chi connectivity index (χ1v) is 10.4. The van der Waals surface area contributed by atoms with Crippen LogP contribution in [0.4, 0.5) is 0 Å². The van der Waals surface area contributed by atoms with Crippen molar-refractivity contribution in [3.63, 3.8) is 0 Å². The maximum atomic E-state index is 13.2. The second-order valence-electron chi connectivity index (χ2n) is 7.70. The van der Waals surface area contributed by atoms with E-state index in [9.17, 15) is 9.59 Å². The minimum absolute atomic E-state index is 0.0345. The minimum atomic E-state index is -0.391. The normalized spacial score (nSPS) is 16.0. The largest absolute Gasteiger partial charge is 0.352 e. The maximum Gasteiger partial charge on any atom is 0.225 e. The number of fused-ring (bicyclic) bond motifs is 1. The molecular weight excluding hydrogens is 390 g/mol. The van der Waals surface area contributed by atoms with Gasteiger partial charge in [-0.1, -0.05) is 30.3 Å². The molecule has 0 saturated carbocycles. The van der Waals surface area contributed by atoms with Gasteiger partial charge < -0.3 is 10.2 Å². The SMILES string of the molecule is CC(=O)N1CCc2ncnc(-c3ccccc3)c2C[C@H](C(=O)NCc2ccncc2)C1. The highest BCUT2D eigenvalue weighted by Gasteiger charge is 2.29. The lowest BCUT2D eigenvalue weighted by molar-refractivity contribution is -0.132. The van der Waals surface area contributed by atoms with Gasteiger partial charge in [-0.15, -0.1) is 0 Å². The summed E-state index contributed by atoms with van der Waals surface area (Å²) in [4.78, 5) is 40.1. The molecule has 1 aliphatic heterocycles. The molecule has 0 unspecified atom stereocenters. The van der Waals surface area contributed by atoms with E-state index in [0.29, 0.717) is 32.5 Å². The van der Waals surface area contributed by atoms with E-state index >= 15 is 0 Å². The van der Waals surface area contributed by atoms with Crippen LogP contribution < -0.4 is 5.32 Å². The smallest absolute Gasteiger partial charge is 0.225 e. The molecule has 3 aromatic rings. The molecule has 1 atom stereocenters. The predicted octanol–water partition coefficient (Wildman–Crippen LogP) is 2.42. The predicted molar refractivity (Wildman–Crippen MR) is 117 cm³/mol. The quantitative estimate of drug-likeness (QED) is 0.707. The standard InChI is InChI=1S/C24H25N5O2/c1-17(30)29-12-9-22-21(23(28-16-27-22)19-5-3-2-4-6-19)13-20(15-29)24(31)26-14-18-7-10-25-11-8-18/h2-8,10-11,16,20H,9,12-15H2,1H3,(H,26,31)/t20-/m0/s1. The zero-order chi connectivity index (χ0) is 21.6. The summed E-state index contributed by atoms with van der Waals surface area (Å²) in [5, 5.41) is 3.02. The van der Waals surface area contributed by atoms with Crippen LogP contribution in [-0.4, -0.2) is 44.8 Å². The van der Waals surface area contributed by atoms with Crippen molar-refractivity contribution in [1.29, 1.82) is 0 Å². The van der Waals surface area contributed by atoms with Crippen molar-refractivity contribution in [2.45, 2.75) is 26.3 Å². The van der Waals surface area contributed by atoms with Gasteiger partial charge >= 0.3 is 0 Å². The van der Waals surface area contributed by atoms with Gasteiger partial charge in [0.1, 0.15) is 6.33 Å². The fourth-order valence-corrected chi connectivity index (χ4v) is 3.93. The Bertz CT molecular complexity index is 1060. The summed E-state index contributed by atoms with van der Waals surface area (Å²) in [7, 11) is 0. The van der Waals surface area contributed by atoms with Crippen LogP contribution in [0.15, 0.2) is 61.2 Å². The molecule has 7 nitrogen and oxygen atoms in total. The van der Waals surface area contributed by atoms with E-state index in [1.807, 2.05) is 42.5 Å². The van der Waals surface area contributed by atoms with Crippen molar-refractivity contribution in [1.82, 2.24) is 25.2 Å². The van der Waals surface area contributed by atoms with E-state index in [2.05, 4.69) is 20.3 Å². The molecule has 1 aliphatic rings. The lowest BCUT2D eigenvalue weighted by atomic mass is 9.90. The molecule has 0 bridgehead atoms. The molecule has 2 amide bonds. The molecule has 0 spiro atoms. The second-order valence-corrected chi connectivity index (χ2v) is 7.70. The zero-order valence-corrected chi connectivity index (χ0v) is 17.5. The number of rotatable bonds is 4. The summed E-state index contributed by atoms with van der Waals surface area (Å²) in [5.41, 5.74) is 4.72. The Hall–Kier alpha value is -3.61. The highest BCUT2D eigenvalue weighted by atomic mass is 16.2. The van der Waals surface area contributed by atoms with Crippen molar-refractivity contribution < 1.29 is 9.59 Å². The summed E-state index contributed by atoms with van der Waals surface area (Å²) in [6, 6.07) is 13.7. The maximum absolute atomic E-state index is 13.2. The number of hydrogen-bond donors (Lipinski definition) is 1. The summed E-state index contributed by atoms with van der Waals surface area (Å²) >= 11 is 0. The van der Waals surface area contributed by atoms with E-state index in [1.54, 1.807) is 30.5 Å². The average Bonchev–Trinajstić information content (AvgIpc) is 2.79. The van der Waals surface area contributed by atoms with Crippen molar-refractivity contribution in [3.05, 3.63) is 78.0 Å². The van der Waals surface area contributed by atoms with E-state index < -0.39 is 5.92 Å². The third-order valence-electron chi connectivity index (χ3n) is 5.62. The fraction of sp³-hybridized carbons (Fsp3) is 0.292. The van der Waals surface area contributed by atoms with Crippen molar-refractivity contribution in [2.24, 2.45) is 5.92 Å². The number of hydrogen-bond acceptors (Lipinski definition) is 5. The molecule has 2 aromatic heterocycles. The molecule has 0 fully saturated rings. The van der Waals surface area contributed by atoms with Crippen LogP contribution in [0.5, 0.6) is 0 Å².